The SMILES string of the molecule is CC1(S(=O)(=O)[O-])CCC1. The summed E-state index contributed by atoms with van der Waals surface area (Å²) in [7, 11) is -4.02. The zero-order valence-corrected chi connectivity index (χ0v) is 6.07. The monoisotopic (exact) mass is 149 g/mol. The van der Waals surface area contributed by atoms with Crippen LogP contribution in [-0.4, -0.2) is 17.7 Å². The minimum atomic E-state index is -4.02. The summed E-state index contributed by atoms with van der Waals surface area (Å²) in [5.41, 5.74) is 0. The van der Waals surface area contributed by atoms with Crippen molar-refractivity contribution in [3.05, 3.63) is 0 Å². The van der Waals surface area contributed by atoms with Crippen molar-refractivity contribution in [2.45, 2.75) is 30.9 Å². The molecule has 0 amide bonds. The van der Waals surface area contributed by atoms with Crippen molar-refractivity contribution in [3.8, 4) is 0 Å². The summed E-state index contributed by atoms with van der Waals surface area (Å²) in [5.74, 6) is 0. The fourth-order valence-electron chi connectivity index (χ4n) is 0.925. The Hall–Kier alpha value is -0.0900. The maximum atomic E-state index is 10.4. The van der Waals surface area contributed by atoms with Crippen molar-refractivity contribution in [2.75, 3.05) is 0 Å². The van der Waals surface area contributed by atoms with Gasteiger partial charge in [-0.15, -0.1) is 0 Å². The lowest BCUT2D eigenvalue weighted by molar-refractivity contribution is 0.321. The van der Waals surface area contributed by atoms with Crippen molar-refractivity contribution in [2.24, 2.45) is 0 Å². The van der Waals surface area contributed by atoms with Crippen LogP contribution >= 0.6 is 0 Å². The van der Waals surface area contributed by atoms with E-state index in [1.165, 1.54) is 6.92 Å². The van der Waals surface area contributed by atoms with Crippen LogP contribution in [0, 0.1) is 0 Å². The Morgan fingerprint density at radius 2 is 1.89 bits per heavy atom. The van der Waals surface area contributed by atoms with Crippen molar-refractivity contribution in [1.29, 1.82) is 0 Å². The molecule has 0 unspecified atom stereocenters. The third kappa shape index (κ3) is 0.966. The fourth-order valence-corrected chi connectivity index (χ4v) is 1.71. The standard InChI is InChI=1S/C5H10O3S/c1-5(3-2-4-5)9(6,7)8/h2-4H2,1H3,(H,6,7,8)/p-1. The highest BCUT2D eigenvalue weighted by molar-refractivity contribution is 7.87. The van der Waals surface area contributed by atoms with Crippen molar-refractivity contribution >= 4 is 10.1 Å². The molecular formula is C5H9O3S-. The van der Waals surface area contributed by atoms with Gasteiger partial charge in [0.2, 0.25) is 0 Å². The average molecular weight is 149 g/mol. The molecule has 0 aromatic heterocycles. The van der Waals surface area contributed by atoms with E-state index >= 15 is 0 Å². The molecule has 0 aromatic rings. The van der Waals surface area contributed by atoms with Gasteiger partial charge in [0.15, 0.2) is 0 Å². The van der Waals surface area contributed by atoms with E-state index in [0.717, 1.165) is 6.42 Å². The lowest BCUT2D eigenvalue weighted by Crippen LogP contribution is -2.41. The molecule has 1 rings (SSSR count). The second-order valence-electron chi connectivity index (χ2n) is 2.76. The number of hydrogen-bond donors (Lipinski definition) is 0. The van der Waals surface area contributed by atoms with Gasteiger partial charge < -0.3 is 4.55 Å². The van der Waals surface area contributed by atoms with Crippen LogP contribution in [0.3, 0.4) is 0 Å². The Kier molecular flexibility index (Phi) is 1.33. The summed E-state index contributed by atoms with van der Waals surface area (Å²) in [6.45, 7) is 1.51. The molecule has 0 spiro atoms. The zero-order chi connectivity index (χ0) is 7.12. The Labute approximate surface area is 54.8 Å². The number of rotatable bonds is 1. The summed E-state index contributed by atoms with van der Waals surface area (Å²) >= 11 is 0. The Morgan fingerprint density at radius 3 is 1.89 bits per heavy atom. The van der Waals surface area contributed by atoms with Gasteiger partial charge in [-0.25, -0.2) is 8.42 Å². The quantitative estimate of drug-likeness (QED) is 0.509. The summed E-state index contributed by atoms with van der Waals surface area (Å²) in [4.78, 5) is 0. The smallest absolute Gasteiger partial charge is 0.100 e. The van der Waals surface area contributed by atoms with E-state index in [1.807, 2.05) is 0 Å². The lowest BCUT2D eigenvalue weighted by Gasteiger charge is -2.39. The van der Waals surface area contributed by atoms with Gasteiger partial charge in [-0.1, -0.05) is 6.42 Å². The van der Waals surface area contributed by atoms with E-state index in [0.29, 0.717) is 12.8 Å². The first-order valence-electron chi connectivity index (χ1n) is 2.91. The fraction of sp³-hybridized carbons (Fsp3) is 1.00. The molecule has 1 aliphatic carbocycles. The van der Waals surface area contributed by atoms with Gasteiger partial charge in [0.1, 0.15) is 10.1 Å². The molecule has 0 N–H and O–H groups in total. The Morgan fingerprint density at radius 1 is 1.44 bits per heavy atom. The molecule has 0 atom stereocenters. The molecule has 1 saturated carbocycles. The number of hydrogen-bond acceptors (Lipinski definition) is 3. The minimum Gasteiger partial charge on any atom is -0.748 e. The lowest BCUT2D eigenvalue weighted by atomic mass is 9.86. The van der Waals surface area contributed by atoms with E-state index in [9.17, 15) is 13.0 Å². The highest BCUT2D eigenvalue weighted by atomic mass is 32.2. The molecule has 1 fully saturated rings. The molecular weight excluding hydrogens is 140 g/mol. The van der Waals surface area contributed by atoms with Gasteiger partial charge in [0, 0.05) is 0 Å². The van der Waals surface area contributed by atoms with Crippen LogP contribution in [0.5, 0.6) is 0 Å². The average Bonchev–Trinajstić information content (AvgIpc) is 1.57. The highest BCUT2D eigenvalue weighted by Gasteiger charge is 2.38. The third-order valence-electron chi connectivity index (χ3n) is 2.01. The second kappa shape index (κ2) is 1.70. The molecule has 54 valence electrons. The van der Waals surface area contributed by atoms with Crippen molar-refractivity contribution < 1.29 is 13.0 Å². The molecule has 0 aromatic carbocycles. The Balaban J connectivity index is 2.84. The van der Waals surface area contributed by atoms with Crippen LogP contribution in [0.25, 0.3) is 0 Å². The van der Waals surface area contributed by atoms with Crippen LogP contribution in [0.4, 0.5) is 0 Å². The molecule has 0 heterocycles. The molecule has 0 saturated heterocycles. The Bertz CT molecular complexity index is 200. The van der Waals surface area contributed by atoms with Gasteiger partial charge in [-0.2, -0.15) is 0 Å². The molecule has 1 aliphatic rings. The largest absolute Gasteiger partial charge is 0.748 e. The van der Waals surface area contributed by atoms with Crippen LogP contribution < -0.4 is 0 Å². The summed E-state index contributed by atoms with van der Waals surface area (Å²) in [6, 6.07) is 0. The second-order valence-corrected chi connectivity index (χ2v) is 4.65. The molecule has 9 heavy (non-hydrogen) atoms. The highest BCUT2D eigenvalue weighted by Crippen LogP contribution is 2.37. The van der Waals surface area contributed by atoms with E-state index in [1.54, 1.807) is 0 Å². The molecule has 0 radical (unpaired) electrons. The molecule has 0 aliphatic heterocycles. The normalized spacial score (nSPS) is 25.1. The maximum Gasteiger partial charge on any atom is 0.100 e. The van der Waals surface area contributed by atoms with Gasteiger partial charge in [-0.3, -0.25) is 0 Å². The summed E-state index contributed by atoms with van der Waals surface area (Å²) < 4.78 is 30.2. The predicted octanol–water partition coefficient (Wildman–Crippen LogP) is 0.474. The first-order chi connectivity index (χ1) is 3.96. The van der Waals surface area contributed by atoms with Gasteiger partial charge in [0.05, 0.1) is 4.75 Å². The van der Waals surface area contributed by atoms with E-state index in [4.69, 9.17) is 0 Å². The predicted molar refractivity (Wildman–Crippen MR) is 32.0 cm³/mol. The van der Waals surface area contributed by atoms with Crippen LogP contribution in [0.1, 0.15) is 26.2 Å². The van der Waals surface area contributed by atoms with E-state index in [-0.39, 0.29) is 0 Å². The third-order valence-corrected chi connectivity index (χ3v) is 3.63. The van der Waals surface area contributed by atoms with Crippen LogP contribution in [0.15, 0.2) is 0 Å². The minimum absolute atomic E-state index is 0.541. The van der Waals surface area contributed by atoms with Crippen molar-refractivity contribution in [1.82, 2.24) is 0 Å². The molecule has 0 bridgehead atoms. The zero-order valence-electron chi connectivity index (χ0n) is 5.25. The first-order valence-corrected chi connectivity index (χ1v) is 4.32. The van der Waals surface area contributed by atoms with Crippen LogP contribution in [-0.2, 0) is 10.1 Å². The van der Waals surface area contributed by atoms with E-state index < -0.39 is 14.9 Å². The summed E-state index contributed by atoms with van der Waals surface area (Å²) in [6.07, 6.45) is 1.95. The van der Waals surface area contributed by atoms with Crippen LogP contribution in [0.2, 0.25) is 0 Å². The topological polar surface area (TPSA) is 57.2 Å². The van der Waals surface area contributed by atoms with Crippen molar-refractivity contribution in [3.63, 3.8) is 0 Å². The van der Waals surface area contributed by atoms with Gasteiger partial charge in [-0.05, 0) is 19.8 Å². The maximum absolute atomic E-state index is 10.4. The first kappa shape index (κ1) is 7.02. The molecule has 4 heteroatoms. The molecule has 3 nitrogen and oxygen atoms in total. The van der Waals surface area contributed by atoms with Gasteiger partial charge >= 0.3 is 0 Å². The summed E-state index contributed by atoms with van der Waals surface area (Å²) in [5, 5.41) is 0. The van der Waals surface area contributed by atoms with E-state index in [2.05, 4.69) is 0 Å². The van der Waals surface area contributed by atoms with Gasteiger partial charge in [0.25, 0.3) is 0 Å².